The maximum absolute atomic E-state index is 12.6. The van der Waals surface area contributed by atoms with E-state index in [1.54, 1.807) is 42.6 Å². The van der Waals surface area contributed by atoms with E-state index >= 15 is 0 Å². The van der Waals surface area contributed by atoms with Crippen LogP contribution < -0.4 is 0 Å². The molecule has 0 aliphatic rings. The molecular formula is C16H14F3N5OS. The first-order chi connectivity index (χ1) is 12.3. The first-order valence-electron chi connectivity index (χ1n) is 7.42. The quantitative estimate of drug-likeness (QED) is 0.749. The zero-order chi connectivity index (χ0) is 18.8. The average molecular weight is 381 g/mol. The van der Waals surface area contributed by atoms with Crippen molar-refractivity contribution in [2.75, 3.05) is 6.26 Å². The van der Waals surface area contributed by atoms with E-state index in [2.05, 4.69) is 19.4 Å². The maximum atomic E-state index is 12.6. The van der Waals surface area contributed by atoms with Gasteiger partial charge in [0.05, 0.1) is 21.2 Å². The fourth-order valence-corrected chi connectivity index (χ4v) is 3.25. The zero-order valence-corrected chi connectivity index (χ0v) is 14.4. The Morgan fingerprint density at radius 2 is 1.92 bits per heavy atom. The fraction of sp³-hybridized carbons (Fsp3) is 0.188. The molecule has 136 valence electrons. The predicted octanol–water partition coefficient (Wildman–Crippen LogP) is 3.54. The number of rotatable bonds is 4. The van der Waals surface area contributed by atoms with E-state index in [0.717, 1.165) is 5.56 Å². The fourth-order valence-electron chi connectivity index (χ4n) is 2.12. The zero-order valence-electron chi connectivity index (χ0n) is 13.6. The Morgan fingerprint density at radius 1 is 1.19 bits per heavy atom. The Hall–Kier alpha value is -2.75. The SMILES string of the molecule is CS(=O)(=NCc1ccc(-c2n[nH]c(C(F)(F)F)n2)cc1)c1cccnc1. The predicted molar refractivity (Wildman–Crippen MR) is 89.5 cm³/mol. The Bertz CT molecular complexity index is 1010. The number of hydrogen-bond donors (Lipinski definition) is 1. The molecule has 0 amide bonds. The summed E-state index contributed by atoms with van der Waals surface area (Å²) in [5, 5.41) is 5.45. The maximum Gasteiger partial charge on any atom is 0.451 e. The summed E-state index contributed by atoms with van der Waals surface area (Å²) < 4.78 is 54.5. The third-order valence-corrected chi connectivity index (χ3v) is 5.27. The van der Waals surface area contributed by atoms with Gasteiger partial charge in [-0.25, -0.2) is 13.6 Å². The lowest BCUT2D eigenvalue weighted by Crippen LogP contribution is -2.07. The van der Waals surface area contributed by atoms with Crippen LogP contribution in [0.3, 0.4) is 0 Å². The van der Waals surface area contributed by atoms with E-state index in [9.17, 15) is 17.4 Å². The molecule has 1 atom stereocenters. The third kappa shape index (κ3) is 4.07. The summed E-state index contributed by atoms with van der Waals surface area (Å²) in [5.41, 5.74) is 1.20. The number of alkyl halides is 3. The van der Waals surface area contributed by atoms with Gasteiger partial charge in [-0.3, -0.25) is 10.1 Å². The number of H-pyrrole nitrogens is 1. The molecule has 1 N–H and O–H groups in total. The van der Waals surface area contributed by atoms with E-state index in [4.69, 9.17) is 0 Å². The van der Waals surface area contributed by atoms with Gasteiger partial charge >= 0.3 is 6.18 Å². The van der Waals surface area contributed by atoms with Crippen molar-refractivity contribution in [2.24, 2.45) is 4.36 Å². The van der Waals surface area contributed by atoms with Gasteiger partial charge < -0.3 is 0 Å². The number of benzene rings is 1. The van der Waals surface area contributed by atoms with Gasteiger partial charge in [-0.15, -0.1) is 0 Å². The molecule has 1 unspecified atom stereocenters. The first kappa shape index (κ1) is 18.1. The van der Waals surface area contributed by atoms with Crippen LogP contribution in [0.15, 0.2) is 58.1 Å². The Labute approximate surface area is 147 Å². The largest absolute Gasteiger partial charge is 0.451 e. The molecule has 2 aromatic heterocycles. The van der Waals surface area contributed by atoms with Crippen molar-refractivity contribution >= 4 is 9.73 Å². The number of halogens is 3. The lowest BCUT2D eigenvalue weighted by molar-refractivity contribution is -0.144. The highest BCUT2D eigenvalue weighted by Gasteiger charge is 2.35. The number of pyridine rings is 1. The standard InChI is InChI=1S/C16H14F3N5OS/c1-26(25,13-3-2-8-20-10-13)21-9-11-4-6-12(7-5-11)14-22-15(24-23-14)16(17,18)19/h2-8,10H,9H2,1H3,(H,22,23,24). The summed E-state index contributed by atoms with van der Waals surface area (Å²) in [5.74, 6) is -1.19. The van der Waals surface area contributed by atoms with Crippen molar-refractivity contribution in [1.29, 1.82) is 0 Å². The summed E-state index contributed by atoms with van der Waals surface area (Å²) in [6, 6.07) is 9.94. The molecule has 26 heavy (non-hydrogen) atoms. The van der Waals surface area contributed by atoms with Crippen LogP contribution >= 0.6 is 0 Å². The Morgan fingerprint density at radius 3 is 2.50 bits per heavy atom. The van der Waals surface area contributed by atoms with Crippen LogP contribution in [0.4, 0.5) is 13.2 Å². The second kappa shape index (κ2) is 6.87. The summed E-state index contributed by atoms with van der Waals surface area (Å²) in [6.07, 6.45) is 0.0594. The number of nitrogens with one attached hydrogen (secondary N) is 1. The molecule has 10 heteroatoms. The van der Waals surface area contributed by atoms with E-state index < -0.39 is 21.7 Å². The van der Waals surface area contributed by atoms with E-state index in [0.29, 0.717) is 10.5 Å². The highest BCUT2D eigenvalue weighted by atomic mass is 32.2. The first-order valence-corrected chi connectivity index (χ1v) is 9.35. The highest BCUT2D eigenvalue weighted by Crippen LogP contribution is 2.27. The summed E-state index contributed by atoms with van der Waals surface area (Å²) >= 11 is 0. The van der Waals surface area contributed by atoms with Crippen molar-refractivity contribution in [1.82, 2.24) is 20.2 Å². The normalized spacial score (nSPS) is 14.0. The van der Waals surface area contributed by atoms with Crippen molar-refractivity contribution in [3.8, 4) is 11.4 Å². The molecule has 1 aromatic carbocycles. The van der Waals surface area contributed by atoms with Crippen LogP contribution in [0.25, 0.3) is 11.4 Å². The van der Waals surface area contributed by atoms with Gasteiger partial charge in [0.1, 0.15) is 0 Å². The van der Waals surface area contributed by atoms with Gasteiger partial charge in [-0.1, -0.05) is 24.3 Å². The van der Waals surface area contributed by atoms with Crippen LogP contribution in [0.5, 0.6) is 0 Å². The van der Waals surface area contributed by atoms with Crippen molar-refractivity contribution in [3.63, 3.8) is 0 Å². The molecule has 0 aliphatic carbocycles. The van der Waals surface area contributed by atoms with Gasteiger partial charge in [0.25, 0.3) is 0 Å². The average Bonchev–Trinajstić information content (AvgIpc) is 3.12. The van der Waals surface area contributed by atoms with Crippen LogP contribution in [0, 0.1) is 0 Å². The molecule has 0 saturated carbocycles. The smallest absolute Gasteiger partial charge is 0.263 e. The van der Waals surface area contributed by atoms with E-state index in [1.165, 1.54) is 12.5 Å². The molecule has 3 rings (SSSR count). The minimum absolute atomic E-state index is 0.0459. The second-order valence-corrected chi connectivity index (χ2v) is 7.82. The van der Waals surface area contributed by atoms with Gasteiger partial charge in [-0.2, -0.15) is 18.3 Å². The molecule has 0 spiro atoms. The summed E-state index contributed by atoms with van der Waals surface area (Å²) in [4.78, 5) is 7.91. The number of hydrogen-bond acceptors (Lipinski definition) is 5. The molecular weight excluding hydrogens is 367 g/mol. The monoisotopic (exact) mass is 381 g/mol. The number of aromatic amines is 1. The molecule has 0 radical (unpaired) electrons. The molecule has 3 aromatic rings. The van der Waals surface area contributed by atoms with Crippen LogP contribution in [-0.2, 0) is 22.5 Å². The number of nitrogens with zero attached hydrogens (tertiary/aromatic N) is 4. The minimum atomic E-state index is -4.57. The van der Waals surface area contributed by atoms with Crippen LogP contribution in [-0.4, -0.2) is 30.6 Å². The molecule has 0 bridgehead atoms. The summed E-state index contributed by atoms with van der Waals surface area (Å²) in [7, 11) is -2.58. The van der Waals surface area contributed by atoms with Gasteiger partial charge in [0, 0.05) is 24.2 Å². The Kier molecular flexibility index (Phi) is 4.77. The molecule has 0 aliphatic heterocycles. The minimum Gasteiger partial charge on any atom is -0.263 e. The van der Waals surface area contributed by atoms with Crippen LogP contribution in [0.2, 0.25) is 0 Å². The lowest BCUT2D eigenvalue weighted by atomic mass is 10.1. The third-order valence-electron chi connectivity index (χ3n) is 3.53. The highest BCUT2D eigenvalue weighted by molar-refractivity contribution is 7.93. The molecule has 2 heterocycles. The topological polar surface area (TPSA) is 83.9 Å². The van der Waals surface area contributed by atoms with E-state index in [-0.39, 0.29) is 12.4 Å². The van der Waals surface area contributed by atoms with Crippen LogP contribution in [0.1, 0.15) is 11.4 Å². The van der Waals surface area contributed by atoms with Gasteiger partial charge in [0.2, 0.25) is 5.82 Å². The van der Waals surface area contributed by atoms with Crippen molar-refractivity contribution in [3.05, 3.63) is 60.2 Å². The van der Waals surface area contributed by atoms with Gasteiger partial charge in [-0.05, 0) is 17.7 Å². The molecule has 0 saturated heterocycles. The van der Waals surface area contributed by atoms with Crippen molar-refractivity contribution < 1.29 is 17.4 Å². The Balaban J connectivity index is 1.77. The van der Waals surface area contributed by atoms with Crippen molar-refractivity contribution in [2.45, 2.75) is 17.6 Å². The molecule has 0 fully saturated rings. The lowest BCUT2D eigenvalue weighted by Gasteiger charge is -2.04. The summed E-state index contributed by atoms with van der Waals surface area (Å²) in [6.45, 7) is 0.201. The van der Waals surface area contributed by atoms with E-state index in [1.807, 2.05) is 5.10 Å². The molecule has 6 nitrogen and oxygen atoms in total. The van der Waals surface area contributed by atoms with Gasteiger partial charge in [0.15, 0.2) is 5.82 Å². The number of aromatic nitrogens is 4. The second-order valence-electron chi connectivity index (χ2n) is 5.48.